The van der Waals surface area contributed by atoms with E-state index in [2.05, 4.69) is 19.2 Å². The van der Waals surface area contributed by atoms with Gasteiger partial charge in [0, 0.05) is 6.42 Å². The Labute approximate surface area is 490 Å². The third-order valence-electron chi connectivity index (χ3n) is 17.4. The molecule has 1 aliphatic heterocycles. The SMILES string of the molecule is CCCCCCCCCCCCCCCCCCCCCCC/C=C/C(O)C(COC1OC(CO)C(O)C(O)C1O)NC(=O)CCCCCCCCCCCCCCCCCCCCCCCCCCCCCCCCCCC. The van der Waals surface area contributed by atoms with Gasteiger partial charge in [-0.1, -0.05) is 360 Å². The van der Waals surface area contributed by atoms with Crippen LogP contribution in [0.5, 0.6) is 0 Å². The van der Waals surface area contributed by atoms with Crippen molar-refractivity contribution in [2.75, 3.05) is 13.2 Å². The molecule has 9 heteroatoms. The molecule has 0 aromatic carbocycles. The quantitative estimate of drug-likeness (QED) is 0.0261. The summed E-state index contributed by atoms with van der Waals surface area (Å²) in [5.41, 5.74) is 0. The lowest BCUT2D eigenvalue weighted by atomic mass is 9.99. The number of hydrogen-bond donors (Lipinski definition) is 6. The first kappa shape index (κ1) is 75.9. The second kappa shape index (κ2) is 60.1. The lowest BCUT2D eigenvalue weighted by molar-refractivity contribution is -0.302. The fraction of sp³-hybridized carbons (Fsp3) is 0.957. The Hall–Kier alpha value is -1.07. The number of aliphatic hydroxyl groups is 5. The molecule has 1 amide bonds. The predicted molar refractivity (Wildman–Crippen MR) is 337 cm³/mol. The maximum atomic E-state index is 13.1. The molecule has 1 aliphatic rings. The van der Waals surface area contributed by atoms with E-state index in [1.807, 2.05) is 6.08 Å². The standard InChI is InChI=1S/C70H137NO8/c1-3-5-7-9-11-13-15-17-19-21-23-25-27-28-29-30-31-32-33-34-35-36-38-40-42-44-46-48-50-52-54-56-58-60-66(74)71-63(62-78-70-69(77)68(76)67(75)65(61-72)79-70)64(73)59-57-55-53-51-49-47-45-43-41-39-37-26-24-22-20-18-16-14-12-10-8-6-4-2/h57,59,63-65,67-70,72-73,75-77H,3-56,58,60-62H2,1-2H3,(H,71,74)/b59-57+. The van der Waals surface area contributed by atoms with Gasteiger partial charge in [-0.3, -0.25) is 4.79 Å². The number of ether oxygens (including phenoxy) is 2. The van der Waals surface area contributed by atoms with Crippen LogP contribution in [0, 0.1) is 0 Å². The van der Waals surface area contributed by atoms with Gasteiger partial charge in [0.15, 0.2) is 6.29 Å². The number of carbonyl (C=O) groups is 1. The molecular formula is C70H137NO8. The summed E-state index contributed by atoms with van der Waals surface area (Å²) >= 11 is 0. The first-order chi connectivity index (χ1) is 38.8. The molecule has 79 heavy (non-hydrogen) atoms. The van der Waals surface area contributed by atoms with Gasteiger partial charge >= 0.3 is 0 Å². The van der Waals surface area contributed by atoms with Crippen LogP contribution in [0.4, 0.5) is 0 Å². The van der Waals surface area contributed by atoms with Gasteiger partial charge in [-0.2, -0.15) is 0 Å². The Balaban J connectivity index is 2.09. The molecule has 7 atom stereocenters. The highest BCUT2D eigenvalue weighted by molar-refractivity contribution is 5.76. The summed E-state index contributed by atoms with van der Waals surface area (Å²) in [6.45, 7) is 3.85. The topological polar surface area (TPSA) is 149 Å². The molecule has 0 aromatic heterocycles. The summed E-state index contributed by atoms with van der Waals surface area (Å²) in [4.78, 5) is 13.1. The lowest BCUT2D eigenvalue weighted by Gasteiger charge is -2.40. The zero-order valence-corrected chi connectivity index (χ0v) is 52.7. The molecular weight excluding hydrogens is 983 g/mol. The van der Waals surface area contributed by atoms with Gasteiger partial charge in [0.25, 0.3) is 0 Å². The van der Waals surface area contributed by atoms with Gasteiger partial charge in [0.2, 0.25) is 5.91 Å². The van der Waals surface area contributed by atoms with Crippen molar-refractivity contribution in [1.82, 2.24) is 5.32 Å². The molecule has 9 nitrogen and oxygen atoms in total. The van der Waals surface area contributed by atoms with Crippen LogP contribution in [0.1, 0.15) is 373 Å². The number of allylic oxidation sites excluding steroid dienone is 1. The highest BCUT2D eigenvalue weighted by Gasteiger charge is 2.44. The minimum Gasteiger partial charge on any atom is -0.394 e. The Morgan fingerprint density at radius 2 is 0.696 bits per heavy atom. The highest BCUT2D eigenvalue weighted by Crippen LogP contribution is 2.24. The number of unbranched alkanes of at least 4 members (excludes halogenated alkanes) is 53. The third-order valence-corrected chi connectivity index (χ3v) is 17.4. The number of hydrogen-bond acceptors (Lipinski definition) is 8. The molecule has 0 aromatic rings. The molecule has 7 unspecified atom stereocenters. The van der Waals surface area contributed by atoms with Crippen LogP contribution in [0.15, 0.2) is 12.2 Å². The van der Waals surface area contributed by atoms with E-state index in [1.54, 1.807) is 6.08 Å². The van der Waals surface area contributed by atoms with Gasteiger partial charge in [-0.05, 0) is 19.3 Å². The van der Waals surface area contributed by atoms with Crippen LogP contribution in [0.2, 0.25) is 0 Å². The Morgan fingerprint density at radius 3 is 0.987 bits per heavy atom. The van der Waals surface area contributed by atoms with E-state index in [-0.39, 0.29) is 12.5 Å². The summed E-state index contributed by atoms with van der Waals surface area (Å²) in [6, 6.07) is -0.802. The third kappa shape index (κ3) is 49.0. The van der Waals surface area contributed by atoms with E-state index in [9.17, 15) is 30.3 Å². The molecule has 6 N–H and O–H groups in total. The molecule has 0 radical (unpaired) electrons. The molecule has 1 saturated heterocycles. The van der Waals surface area contributed by atoms with Crippen molar-refractivity contribution >= 4 is 5.91 Å². The number of amides is 1. The summed E-state index contributed by atoms with van der Waals surface area (Å²) < 4.78 is 11.3. The smallest absolute Gasteiger partial charge is 0.220 e. The largest absolute Gasteiger partial charge is 0.394 e. The molecule has 0 spiro atoms. The van der Waals surface area contributed by atoms with Crippen LogP contribution >= 0.6 is 0 Å². The Kier molecular flexibility index (Phi) is 57.7. The molecule has 1 heterocycles. The Bertz CT molecular complexity index is 1250. The lowest BCUT2D eigenvalue weighted by Crippen LogP contribution is -2.60. The van der Waals surface area contributed by atoms with Crippen LogP contribution in [-0.4, -0.2) is 87.5 Å². The fourth-order valence-corrected chi connectivity index (χ4v) is 11.8. The van der Waals surface area contributed by atoms with Gasteiger partial charge in [-0.25, -0.2) is 0 Å². The van der Waals surface area contributed by atoms with Crippen molar-refractivity contribution in [2.45, 2.75) is 416 Å². The van der Waals surface area contributed by atoms with Gasteiger partial charge in [0.05, 0.1) is 25.4 Å². The van der Waals surface area contributed by atoms with E-state index in [4.69, 9.17) is 9.47 Å². The molecule has 0 saturated carbocycles. The van der Waals surface area contributed by atoms with Gasteiger partial charge in [0.1, 0.15) is 24.4 Å². The second-order valence-corrected chi connectivity index (χ2v) is 25.0. The number of nitrogens with one attached hydrogen (secondary N) is 1. The zero-order chi connectivity index (χ0) is 57.2. The summed E-state index contributed by atoms with van der Waals surface area (Å²) in [7, 11) is 0. The molecule has 470 valence electrons. The normalized spacial score (nSPS) is 18.5. The first-order valence-corrected chi connectivity index (χ1v) is 35.4. The van der Waals surface area contributed by atoms with Crippen LogP contribution in [0.25, 0.3) is 0 Å². The van der Waals surface area contributed by atoms with Crippen molar-refractivity contribution in [3.05, 3.63) is 12.2 Å². The second-order valence-electron chi connectivity index (χ2n) is 25.0. The van der Waals surface area contributed by atoms with Gasteiger partial charge in [-0.15, -0.1) is 0 Å². The highest BCUT2D eigenvalue weighted by atomic mass is 16.7. The van der Waals surface area contributed by atoms with Crippen LogP contribution in [-0.2, 0) is 14.3 Å². The van der Waals surface area contributed by atoms with E-state index in [0.29, 0.717) is 6.42 Å². The van der Waals surface area contributed by atoms with Gasteiger partial charge < -0.3 is 40.3 Å². The zero-order valence-electron chi connectivity index (χ0n) is 52.7. The van der Waals surface area contributed by atoms with Crippen molar-refractivity contribution in [3.8, 4) is 0 Å². The fourth-order valence-electron chi connectivity index (χ4n) is 11.8. The molecule has 0 aliphatic carbocycles. The average molecular weight is 1120 g/mol. The maximum Gasteiger partial charge on any atom is 0.220 e. The van der Waals surface area contributed by atoms with Crippen molar-refractivity contribution < 1.29 is 39.8 Å². The van der Waals surface area contributed by atoms with Crippen LogP contribution in [0.3, 0.4) is 0 Å². The Morgan fingerprint density at radius 1 is 0.418 bits per heavy atom. The number of carbonyl (C=O) groups excluding carboxylic acids is 1. The average Bonchev–Trinajstić information content (AvgIpc) is 3.47. The van der Waals surface area contributed by atoms with E-state index < -0.39 is 49.5 Å². The summed E-state index contributed by atoms with van der Waals surface area (Å²) in [5, 5.41) is 54.8. The minimum atomic E-state index is -1.56. The van der Waals surface area contributed by atoms with E-state index in [1.165, 1.54) is 315 Å². The number of rotatable bonds is 63. The van der Waals surface area contributed by atoms with Crippen molar-refractivity contribution in [3.63, 3.8) is 0 Å². The monoisotopic (exact) mass is 1120 g/mol. The summed E-state index contributed by atoms with van der Waals surface area (Å²) in [6.07, 6.45) is 70.4. The predicted octanol–water partition coefficient (Wildman–Crippen LogP) is 19.1. The molecule has 1 fully saturated rings. The first-order valence-electron chi connectivity index (χ1n) is 35.4. The van der Waals surface area contributed by atoms with Crippen molar-refractivity contribution in [2.24, 2.45) is 0 Å². The minimum absolute atomic E-state index is 0.167. The maximum absolute atomic E-state index is 13.1. The van der Waals surface area contributed by atoms with E-state index >= 15 is 0 Å². The molecule has 1 rings (SSSR count). The van der Waals surface area contributed by atoms with Crippen LogP contribution < -0.4 is 5.32 Å². The van der Waals surface area contributed by atoms with Crippen molar-refractivity contribution in [1.29, 1.82) is 0 Å². The number of aliphatic hydroxyl groups excluding tert-OH is 5. The molecule has 0 bridgehead atoms. The van der Waals surface area contributed by atoms with E-state index in [0.717, 1.165) is 38.5 Å². The summed E-state index contributed by atoms with van der Waals surface area (Å²) in [5.74, 6) is -0.167.